The SMILES string of the molecule is CCN1CCN(c2nccc(C(=O)Nc3cccc(OC)c3)n2)CC1. The lowest BCUT2D eigenvalue weighted by atomic mass is 10.3. The van der Waals surface area contributed by atoms with Gasteiger partial charge >= 0.3 is 0 Å². The Bertz CT molecular complexity index is 729. The summed E-state index contributed by atoms with van der Waals surface area (Å²) in [6.07, 6.45) is 1.63. The molecule has 0 radical (unpaired) electrons. The lowest BCUT2D eigenvalue weighted by Crippen LogP contribution is -2.46. The number of carbonyl (C=O) groups is 1. The largest absolute Gasteiger partial charge is 0.497 e. The van der Waals surface area contributed by atoms with Crippen molar-refractivity contribution >= 4 is 17.5 Å². The van der Waals surface area contributed by atoms with E-state index in [0.717, 1.165) is 32.7 Å². The van der Waals surface area contributed by atoms with Crippen LogP contribution in [0.4, 0.5) is 11.6 Å². The van der Waals surface area contributed by atoms with Crippen LogP contribution in [-0.4, -0.2) is 60.6 Å². The zero-order valence-electron chi connectivity index (χ0n) is 14.6. The first-order chi connectivity index (χ1) is 12.2. The maximum absolute atomic E-state index is 12.5. The second-order valence-electron chi connectivity index (χ2n) is 5.85. The second-order valence-corrected chi connectivity index (χ2v) is 5.85. The fourth-order valence-electron chi connectivity index (χ4n) is 2.79. The number of nitrogens with one attached hydrogen (secondary N) is 1. The molecule has 25 heavy (non-hydrogen) atoms. The van der Waals surface area contributed by atoms with Gasteiger partial charge in [-0.1, -0.05) is 13.0 Å². The number of hydrogen-bond donors (Lipinski definition) is 1. The zero-order valence-corrected chi connectivity index (χ0v) is 14.6. The summed E-state index contributed by atoms with van der Waals surface area (Å²) in [4.78, 5) is 25.7. The molecule has 7 heteroatoms. The molecule has 1 aliphatic rings. The molecule has 0 saturated carbocycles. The third kappa shape index (κ3) is 4.24. The number of benzene rings is 1. The molecule has 1 saturated heterocycles. The van der Waals surface area contributed by atoms with Gasteiger partial charge in [0.15, 0.2) is 0 Å². The third-order valence-corrected chi connectivity index (χ3v) is 4.31. The van der Waals surface area contributed by atoms with E-state index < -0.39 is 0 Å². The molecule has 0 unspecified atom stereocenters. The summed E-state index contributed by atoms with van der Waals surface area (Å²) in [5, 5.41) is 2.84. The van der Waals surface area contributed by atoms with Crippen LogP contribution in [0.25, 0.3) is 0 Å². The monoisotopic (exact) mass is 341 g/mol. The van der Waals surface area contributed by atoms with Crippen LogP contribution < -0.4 is 15.0 Å². The van der Waals surface area contributed by atoms with Crippen molar-refractivity contribution in [1.29, 1.82) is 0 Å². The molecule has 1 aliphatic heterocycles. The molecular formula is C18H23N5O2. The Balaban J connectivity index is 1.69. The molecule has 2 heterocycles. The van der Waals surface area contributed by atoms with Gasteiger partial charge in [-0.05, 0) is 24.7 Å². The van der Waals surface area contributed by atoms with Crippen LogP contribution in [0.1, 0.15) is 17.4 Å². The topological polar surface area (TPSA) is 70.6 Å². The molecule has 0 spiro atoms. The first kappa shape index (κ1) is 17.2. The first-order valence-electron chi connectivity index (χ1n) is 8.45. The minimum atomic E-state index is -0.260. The molecule has 1 aromatic heterocycles. The van der Waals surface area contributed by atoms with Crippen molar-refractivity contribution in [3.05, 3.63) is 42.2 Å². The van der Waals surface area contributed by atoms with Gasteiger partial charge in [-0.3, -0.25) is 4.79 Å². The highest BCUT2D eigenvalue weighted by Gasteiger charge is 2.19. The molecule has 7 nitrogen and oxygen atoms in total. The maximum Gasteiger partial charge on any atom is 0.274 e. The van der Waals surface area contributed by atoms with Crippen molar-refractivity contribution in [2.45, 2.75) is 6.92 Å². The third-order valence-electron chi connectivity index (χ3n) is 4.31. The molecular weight excluding hydrogens is 318 g/mol. The summed E-state index contributed by atoms with van der Waals surface area (Å²) in [5.74, 6) is 1.04. The molecule has 2 aromatic rings. The average molecular weight is 341 g/mol. The first-order valence-corrected chi connectivity index (χ1v) is 8.45. The number of rotatable bonds is 5. The Morgan fingerprint density at radius 1 is 1.24 bits per heavy atom. The van der Waals surface area contributed by atoms with Crippen LogP contribution in [0.2, 0.25) is 0 Å². The normalized spacial score (nSPS) is 15.0. The standard InChI is InChI=1S/C18H23N5O2/c1-3-22-9-11-23(12-10-22)18-19-8-7-16(21-18)17(24)20-14-5-4-6-15(13-14)25-2/h4-8,13H,3,9-12H2,1-2H3,(H,20,24). The number of methoxy groups -OCH3 is 1. The van der Waals surface area contributed by atoms with Crippen molar-refractivity contribution in [2.24, 2.45) is 0 Å². The number of anilines is 2. The molecule has 3 rings (SSSR count). The number of ether oxygens (including phenoxy) is 1. The highest BCUT2D eigenvalue weighted by molar-refractivity contribution is 6.03. The van der Waals surface area contributed by atoms with Crippen LogP contribution in [0.3, 0.4) is 0 Å². The van der Waals surface area contributed by atoms with E-state index in [1.54, 1.807) is 25.4 Å². The van der Waals surface area contributed by atoms with Gasteiger partial charge in [-0.15, -0.1) is 0 Å². The number of likely N-dealkylation sites (N-methyl/N-ethyl adjacent to an activating group) is 1. The van der Waals surface area contributed by atoms with Gasteiger partial charge in [0.2, 0.25) is 5.95 Å². The molecule has 0 aliphatic carbocycles. The van der Waals surface area contributed by atoms with Gasteiger partial charge < -0.3 is 19.9 Å². The summed E-state index contributed by atoms with van der Waals surface area (Å²) >= 11 is 0. The predicted octanol–water partition coefficient (Wildman–Crippen LogP) is 1.88. The summed E-state index contributed by atoms with van der Waals surface area (Å²) in [6, 6.07) is 8.86. The number of amides is 1. The van der Waals surface area contributed by atoms with Crippen LogP contribution in [0.5, 0.6) is 5.75 Å². The molecule has 1 fully saturated rings. The smallest absolute Gasteiger partial charge is 0.274 e. The molecule has 132 valence electrons. The van der Waals surface area contributed by atoms with Crippen LogP contribution in [-0.2, 0) is 0 Å². The van der Waals surface area contributed by atoms with E-state index >= 15 is 0 Å². The molecule has 1 aromatic carbocycles. The van der Waals surface area contributed by atoms with E-state index in [0.29, 0.717) is 23.1 Å². The van der Waals surface area contributed by atoms with Crippen molar-refractivity contribution in [3.63, 3.8) is 0 Å². The van der Waals surface area contributed by atoms with Gasteiger partial charge in [0.25, 0.3) is 5.91 Å². The molecule has 1 N–H and O–H groups in total. The summed E-state index contributed by atoms with van der Waals surface area (Å²) in [7, 11) is 1.59. The molecule has 0 bridgehead atoms. The van der Waals surface area contributed by atoms with Crippen LogP contribution in [0, 0.1) is 0 Å². The number of aromatic nitrogens is 2. The van der Waals surface area contributed by atoms with E-state index in [1.165, 1.54) is 0 Å². The van der Waals surface area contributed by atoms with Crippen LogP contribution >= 0.6 is 0 Å². The van der Waals surface area contributed by atoms with E-state index in [1.807, 2.05) is 18.2 Å². The fourth-order valence-corrected chi connectivity index (χ4v) is 2.79. The van der Waals surface area contributed by atoms with E-state index in [9.17, 15) is 4.79 Å². The Morgan fingerprint density at radius 2 is 2.04 bits per heavy atom. The van der Waals surface area contributed by atoms with Crippen molar-refractivity contribution in [3.8, 4) is 5.75 Å². The summed E-state index contributed by atoms with van der Waals surface area (Å²) < 4.78 is 5.17. The van der Waals surface area contributed by atoms with Crippen LogP contribution in [0.15, 0.2) is 36.5 Å². The second kappa shape index (κ2) is 7.94. The van der Waals surface area contributed by atoms with Gasteiger partial charge in [-0.2, -0.15) is 0 Å². The quantitative estimate of drug-likeness (QED) is 0.895. The van der Waals surface area contributed by atoms with Crippen molar-refractivity contribution in [1.82, 2.24) is 14.9 Å². The van der Waals surface area contributed by atoms with Gasteiger partial charge in [-0.25, -0.2) is 9.97 Å². The van der Waals surface area contributed by atoms with Gasteiger partial charge in [0, 0.05) is 44.1 Å². The van der Waals surface area contributed by atoms with E-state index in [-0.39, 0.29) is 5.91 Å². The lowest BCUT2D eigenvalue weighted by Gasteiger charge is -2.34. The number of carbonyl (C=O) groups excluding carboxylic acids is 1. The van der Waals surface area contributed by atoms with E-state index in [2.05, 4.69) is 32.0 Å². The van der Waals surface area contributed by atoms with E-state index in [4.69, 9.17) is 4.74 Å². The van der Waals surface area contributed by atoms with Gasteiger partial charge in [0.05, 0.1) is 7.11 Å². The Morgan fingerprint density at radius 3 is 2.76 bits per heavy atom. The average Bonchev–Trinajstić information content (AvgIpc) is 2.68. The highest BCUT2D eigenvalue weighted by Crippen LogP contribution is 2.18. The fraction of sp³-hybridized carbons (Fsp3) is 0.389. The molecule has 0 atom stereocenters. The number of nitrogens with zero attached hydrogens (tertiary/aromatic N) is 4. The Kier molecular flexibility index (Phi) is 5.45. The van der Waals surface area contributed by atoms with Crippen molar-refractivity contribution < 1.29 is 9.53 Å². The van der Waals surface area contributed by atoms with Crippen molar-refractivity contribution in [2.75, 3.05) is 50.1 Å². The lowest BCUT2D eigenvalue weighted by molar-refractivity contribution is 0.102. The highest BCUT2D eigenvalue weighted by atomic mass is 16.5. The summed E-state index contributed by atoms with van der Waals surface area (Å²) in [5.41, 5.74) is 1.02. The Hall–Kier alpha value is -2.67. The number of hydrogen-bond acceptors (Lipinski definition) is 6. The zero-order chi connectivity index (χ0) is 17.6. The Labute approximate surface area is 147 Å². The molecule has 1 amide bonds. The number of piperazine rings is 1. The minimum Gasteiger partial charge on any atom is -0.497 e. The minimum absolute atomic E-state index is 0.260. The maximum atomic E-state index is 12.5. The van der Waals surface area contributed by atoms with Gasteiger partial charge in [0.1, 0.15) is 11.4 Å². The predicted molar refractivity (Wildman–Crippen MR) is 97.3 cm³/mol. The summed E-state index contributed by atoms with van der Waals surface area (Å²) in [6.45, 7) is 6.93.